The van der Waals surface area contributed by atoms with E-state index in [1.807, 2.05) is 18.7 Å². The van der Waals surface area contributed by atoms with Crippen molar-refractivity contribution in [2.45, 2.75) is 20.4 Å². The summed E-state index contributed by atoms with van der Waals surface area (Å²) in [7, 11) is 1.65. The van der Waals surface area contributed by atoms with Crippen molar-refractivity contribution >= 4 is 30.7 Å². The SMILES string of the molecule is COCCNCC(=O)N1CCN(Cc2nc(C)c(C)o2)CC1.Cl.Cl. The van der Waals surface area contributed by atoms with Gasteiger partial charge in [0.25, 0.3) is 0 Å². The average Bonchev–Trinajstić information content (AvgIpc) is 2.82. The number of hydrogen-bond acceptors (Lipinski definition) is 6. The van der Waals surface area contributed by atoms with E-state index in [1.165, 1.54) is 0 Å². The molecule has 0 aliphatic carbocycles. The van der Waals surface area contributed by atoms with Crippen LogP contribution in [0.2, 0.25) is 0 Å². The highest BCUT2D eigenvalue weighted by molar-refractivity contribution is 5.85. The highest BCUT2D eigenvalue weighted by atomic mass is 35.5. The van der Waals surface area contributed by atoms with Crippen molar-refractivity contribution in [3.05, 3.63) is 17.3 Å². The molecule has 1 aliphatic rings. The van der Waals surface area contributed by atoms with Gasteiger partial charge in [0.15, 0.2) is 0 Å². The fourth-order valence-electron chi connectivity index (χ4n) is 2.43. The number of aromatic nitrogens is 1. The monoisotopic (exact) mass is 382 g/mol. The lowest BCUT2D eigenvalue weighted by molar-refractivity contribution is -0.132. The van der Waals surface area contributed by atoms with Gasteiger partial charge < -0.3 is 19.4 Å². The number of rotatable bonds is 7. The number of nitrogens with zero attached hydrogens (tertiary/aromatic N) is 3. The van der Waals surface area contributed by atoms with Gasteiger partial charge >= 0.3 is 0 Å². The summed E-state index contributed by atoms with van der Waals surface area (Å²) < 4.78 is 10.6. The van der Waals surface area contributed by atoms with E-state index in [9.17, 15) is 4.79 Å². The van der Waals surface area contributed by atoms with Crippen LogP contribution in [0.1, 0.15) is 17.3 Å². The molecule has 24 heavy (non-hydrogen) atoms. The number of aryl methyl sites for hydroxylation is 2. The Labute approximate surface area is 155 Å². The molecule has 1 aromatic rings. The predicted molar refractivity (Wildman–Crippen MR) is 97.1 cm³/mol. The van der Waals surface area contributed by atoms with E-state index in [0.717, 1.165) is 43.5 Å². The van der Waals surface area contributed by atoms with Crippen molar-refractivity contribution in [3.8, 4) is 0 Å². The Morgan fingerprint density at radius 3 is 2.46 bits per heavy atom. The van der Waals surface area contributed by atoms with E-state index >= 15 is 0 Å². The minimum Gasteiger partial charge on any atom is -0.444 e. The molecule has 1 saturated heterocycles. The van der Waals surface area contributed by atoms with Crippen molar-refractivity contribution < 1.29 is 13.9 Å². The number of carbonyl (C=O) groups excluding carboxylic acids is 1. The molecule has 2 heterocycles. The number of halogens is 2. The molecule has 1 aromatic heterocycles. The molecular formula is C15H28Cl2N4O3. The highest BCUT2D eigenvalue weighted by Crippen LogP contribution is 2.12. The topological polar surface area (TPSA) is 70.8 Å². The van der Waals surface area contributed by atoms with Crippen LogP contribution >= 0.6 is 24.8 Å². The zero-order valence-electron chi connectivity index (χ0n) is 14.5. The molecule has 1 amide bonds. The van der Waals surface area contributed by atoms with Crippen LogP contribution in [0.5, 0.6) is 0 Å². The molecule has 0 atom stereocenters. The van der Waals surface area contributed by atoms with Crippen molar-refractivity contribution in [1.82, 2.24) is 20.1 Å². The van der Waals surface area contributed by atoms with Gasteiger partial charge in [-0.1, -0.05) is 0 Å². The average molecular weight is 383 g/mol. The van der Waals surface area contributed by atoms with Gasteiger partial charge in [0.05, 0.1) is 25.4 Å². The van der Waals surface area contributed by atoms with Crippen LogP contribution in [0.25, 0.3) is 0 Å². The maximum Gasteiger partial charge on any atom is 0.236 e. The van der Waals surface area contributed by atoms with Gasteiger partial charge in [0, 0.05) is 39.8 Å². The van der Waals surface area contributed by atoms with E-state index in [4.69, 9.17) is 9.15 Å². The molecule has 0 saturated carbocycles. The van der Waals surface area contributed by atoms with Crippen LogP contribution in [0.15, 0.2) is 4.42 Å². The number of piperazine rings is 1. The number of nitrogens with one attached hydrogen (secondary N) is 1. The van der Waals surface area contributed by atoms with Crippen LogP contribution in [-0.2, 0) is 16.1 Å². The number of hydrogen-bond donors (Lipinski definition) is 1. The van der Waals surface area contributed by atoms with Gasteiger partial charge in [-0.05, 0) is 13.8 Å². The third-order valence-corrected chi connectivity index (χ3v) is 3.92. The van der Waals surface area contributed by atoms with Gasteiger partial charge in [-0.25, -0.2) is 4.98 Å². The van der Waals surface area contributed by atoms with Crippen LogP contribution in [0, 0.1) is 13.8 Å². The van der Waals surface area contributed by atoms with Gasteiger partial charge in [-0.2, -0.15) is 0 Å². The van der Waals surface area contributed by atoms with E-state index in [-0.39, 0.29) is 30.7 Å². The number of methoxy groups -OCH3 is 1. The molecule has 2 rings (SSSR count). The highest BCUT2D eigenvalue weighted by Gasteiger charge is 2.22. The zero-order valence-corrected chi connectivity index (χ0v) is 16.2. The summed E-state index contributed by atoms with van der Waals surface area (Å²) in [5.41, 5.74) is 0.950. The Hall–Kier alpha value is -0.860. The summed E-state index contributed by atoms with van der Waals surface area (Å²) in [6.45, 7) is 9.50. The third kappa shape index (κ3) is 6.94. The summed E-state index contributed by atoms with van der Waals surface area (Å²) in [5, 5.41) is 3.09. The summed E-state index contributed by atoms with van der Waals surface area (Å²) in [6, 6.07) is 0. The zero-order chi connectivity index (χ0) is 15.9. The van der Waals surface area contributed by atoms with Crippen LogP contribution in [0.3, 0.4) is 0 Å². The molecule has 7 nitrogen and oxygen atoms in total. The fourth-order valence-corrected chi connectivity index (χ4v) is 2.43. The molecule has 9 heteroatoms. The fraction of sp³-hybridized carbons (Fsp3) is 0.733. The molecule has 1 N–H and O–H groups in total. The first-order valence-electron chi connectivity index (χ1n) is 7.73. The lowest BCUT2D eigenvalue weighted by atomic mass is 10.3. The van der Waals surface area contributed by atoms with E-state index in [1.54, 1.807) is 7.11 Å². The summed E-state index contributed by atoms with van der Waals surface area (Å²) in [5.74, 6) is 1.79. The first-order valence-corrected chi connectivity index (χ1v) is 7.73. The molecule has 0 aromatic carbocycles. The van der Waals surface area contributed by atoms with Gasteiger partial charge in [0.1, 0.15) is 5.76 Å². The quantitative estimate of drug-likeness (QED) is 0.709. The maximum atomic E-state index is 12.0. The van der Waals surface area contributed by atoms with E-state index in [2.05, 4.69) is 15.2 Å². The molecular weight excluding hydrogens is 355 g/mol. The normalized spacial score (nSPS) is 14.9. The van der Waals surface area contributed by atoms with Crippen molar-refractivity contribution in [2.75, 3.05) is 53.0 Å². The molecule has 0 bridgehead atoms. The van der Waals surface area contributed by atoms with Crippen LogP contribution in [0.4, 0.5) is 0 Å². The number of amides is 1. The number of oxazole rings is 1. The second-order valence-electron chi connectivity index (χ2n) is 5.58. The minimum atomic E-state index is 0. The smallest absolute Gasteiger partial charge is 0.236 e. The molecule has 0 unspecified atom stereocenters. The molecule has 0 radical (unpaired) electrons. The predicted octanol–water partition coefficient (Wildman–Crippen LogP) is 1.02. The number of carbonyl (C=O) groups is 1. The van der Waals surface area contributed by atoms with Crippen molar-refractivity contribution in [3.63, 3.8) is 0 Å². The lowest BCUT2D eigenvalue weighted by Crippen LogP contribution is -2.50. The Balaban J connectivity index is 0.00000264. The Kier molecular flexibility index (Phi) is 11.2. The standard InChI is InChI=1S/C15H26N4O3.2ClH/c1-12-13(2)22-14(17-12)11-18-5-7-19(8-6-18)15(20)10-16-4-9-21-3;;/h16H,4-11H2,1-3H3;2*1H. The lowest BCUT2D eigenvalue weighted by Gasteiger charge is -2.34. The Morgan fingerprint density at radius 1 is 1.25 bits per heavy atom. The Bertz CT molecular complexity index is 472. The maximum absolute atomic E-state index is 12.0. The van der Waals surface area contributed by atoms with E-state index < -0.39 is 0 Å². The van der Waals surface area contributed by atoms with Gasteiger partial charge in [-0.3, -0.25) is 9.69 Å². The van der Waals surface area contributed by atoms with Gasteiger partial charge in [0.2, 0.25) is 11.8 Å². The molecule has 0 spiro atoms. The molecule has 1 aliphatic heterocycles. The largest absolute Gasteiger partial charge is 0.444 e. The molecule has 140 valence electrons. The summed E-state index contributed by atoms with van der Waals surface area (Å²) in [6.07, 6.45) is 0. The first-order chi connectivity index (χ1) is 10.6. The minimum absolute atomic E-state index is 0. The second-order valence-corrected chi connectivity index (χ2v) is 5.58. The van der Waals surface area contributed by atoms with Crippen LogP contribution in [-0.4, -0.2) is 73.7 Å². The van der Waals surface area contributed by atoms with Crippen LogP contribution < -0.4 is 5.32 Å². The first kappa shape index (κ1) is 23.1. The van der Waals surface area contributed by atoms with Crippen molar-refractivity contribution in [2.24, 2.45) is 0 Å². The van der Waals surface area contributed by atoms with Gasteiger partial charge in [-0.15, -0.1) is 24.8 Å². The number of ether oxygens (including phenoxy) is 1. The summed E-state index contributed by atoms with van der Waals surface area (Å²) in [4.78, 5) is 20.6. The Morgan fingerprint density at radius 2 is 1.92 bits per heavy atom. The van der Waals surface area contributed by atoms with E-state index in [0.29, 0.717) is 26.2 Å². The van der Waals surface area contributed by atoms with Crippen molar-refractivity contribution in [1.29, 1.82) is 0 Å². The summed E-state index contributed by atoms with van der Waals surface area (Å²) >= 11 is 0. The third-order valence-electron chi connectivity index (χ3n) is 3.92. The second kappa shape index (κ2) is 11.7. The molecule has 1 fully saturated rings.